The Morgan fingerprint density at radius 3 is 2.61 bits per heavy atom. The van der Waals surface area contributed by atoms with E-state index in [9.17, 15) is 14.7 Å². The minimum absolute atomic E-state index is 0.00929. The number of aliphatic hydroxyl groups is 1. The number of amides is 1. The van der Waals surface area contributed by atoms with E-state index in [1.165, 1.54) is 19.6 Å². The summed E-state index contributed by atoms with van der Waals surface area (Å²) in [6.45, 7) is 9.32. The number of H-pyrrole nitrogens is 1. The summed E-state index contributed by atoms with van der Waals surface area (Å²) in [5.41, 5.74) is 2.43. The maximum Gasteiger partial charge on any atom is 0.407 e. The topological polar surface area (TPSA) is 164 Å². The van der Waals surface area contributed by atoms with Gasteiger partial charge in [-0.05, 0) is 85.5 Å². The van der Waals surface area contributed by atoms with Crippen molar-refractivity contribution in [2.75, 3.05) is 72.2 Å². The fraction of sp³-hybridized carbons (Fsp3) is 0.500. The number of hydrogen-bond donors (Lipinski definition) is 3. The van der Waals surface area contributed by atoms with E-state index in [-0.39, 0.29) is 37.9 Å². The number of carbonyl (C=O) groups is 3. The second kappa shape index (κ2) is 16.8. The first-order valence-electron chi connectivity index (χ1n) is 24.5. The van der Waals surface area contributed by atoms with Gasteiger partial charge < -0.3 is 48.7 Å². The average molecular weight is 942 g/mol. The van der Waals surface area contributed by atoms with E-state index in [1.807, 2.05) is 19.2 Å². The summed E-state index contributed by atoms with van der Waals surface area (Å²) in [6, 6.07) is 16.9. The van der Waals surface area contributed by atoms with E-state index in [4.69, 9.17) is 28.4 Å². The number of para-hydroxylation sites is 1. The molecule has 1 aliphatic carbocycles. The number of alkyl carbamates (subject to hydrolysis) is 1. The Bertz CT molecular complexity index is 2810. The minimum atomic E-state index is -1.88. The summed E-state index contributed by atoms with van der Waals surface area (Å²) in [4.78, 5) is 53.6. The molecule has 2 unspecified atom stereocenters. The number of hydrogen-bond acceptors (Lipinski definition) is 13. The number of esters is 2. The van der Waals surface area contributed by atoms with Gasteiger partial charge in [0.05, 0.1) is 26.8 Å². The molecule has 4 aromatic rings. The van der Waals surface area contributed by atoms with Gasteiger partial charge in [0.25, 0.3) is 0 Å². The van der Waals surface area contributed by atoms with Crippen LogP contribution < -0.4 is 24.4 Å². The summed E-state index contributed by atoms with van der Waals surface area (Å²) in [7, 11) is 5.09. The van der Waals surface area contributed by atoms with Crippen molar-refractivity contribution >= 4 is 34.6 Å². The average Bonchev–Trinajstić information content (AvgIpc) is 4.15. The van der Waals surface area contributed by atoms with Crippen molar-refractivity contribution in [3.63, 3.8) is 0 Å². The van der Waals surface area contributed by atoms with Crippen molar-refractivity contribution in [2.24, 2.45) is 11.3 Å². The van der Waals surface area contributed by atoms with Gasteiger partial charge in [0, 0.05) is 90.9 Å². The molecule has 2 fully saturated rings. The van der Waals surface area contributed by atoms with Crippen LogP contribution in [0.3, 0.4) is 0 Å². The number of fused-ring (bicyclic) bond motifs is 7. The van der Waals surface area contributed by atoms with Crippen LogP contribution in [0.25, 0.3) is 10.9 Å². The predicted octanol–water partition coefficient (Wildman–Crippen LogP) is 6.28. The predicted molar refractivity (Wildman–Crippen MR) is 258 cm³/mol. The zero-order valence-corrected chi connectivity index (χ0v) is 40.4. The molecule has 3 aromatic carbocycles. The Hall–Kier alpha value is -6.03. The number of carbonyl (C=O) groups excluding carboxylic acids is 3. The fourth-order valence-corrected chi connectivity index (χ4v) is 14.4. The van der Waals surface area contributed by atoms with Crippen molar-refractivity contribution in [1.29, 1.82) is 0 Å². The largest absolute Gasteiger partial charge is 0.496 e. The van der Waals surface area contributed by atoms with Gasteiger partial charge >= 0.3 is 18.0 Å². The van der Waals surface area contributed by atoms with Gasteiger partial charge in [0.1, 0.15) is 29.5 Å². The van der Waals surface area contributed by atoms with Crippen molar-refractivity contribution < 1.29 is 47.9 Å². The van der Waals surface area contributed by atoms with Gasteiger partial charge in [0.15, 0.2) is 11.5 Å². The zero-order valence-electron chi connectivity index (χ0n) is 40.4. The van der Waals surface area contributed by atoms with Crippen LogP contribution in [-0.4, -0.2) is 129 Å². The highest BCUT2D eigenvalue weighted by atomic mass is 16.7. The van der Waals surface area contributed by atoms with Gasteiger partial charge in [-0.3, -0.25) is 19.4 Å². The van der Waals surface area contributed by atoms with Crippen LogP contribution in [0.4, 0.5) is 10.5 Å². The minimum Gasteiger partial charge on any atom is -0.496 e. The summed E-state index contributed by atoms with van der Waals surface area (Å²) in [5, 5.41) is 18.0. The normalized spacial score (nSPS) is 31.6. The van der Waals surface area contributed by atoms with Gasteiger partial charge in [-0.15, -0.1) is 0 Å². The number of methoxy groups -OCH3 is 2. The molecule has 1 saturated carbocycles. The third-order valence-electron chi connectivity index (χ3n) is 17.0. The van der Waals surface area contributed by atoms with E-state index in [0.29, 0.717) is 60.7 Å². The lowest BCUT2D eigenvalue weighted by atomic mass is 9.47. The second-order valence-corrected chi connectivity index (χ2v) is 20.3. The van der Waals surface area contributed by atoms with Crippen LogP contribution in [0.1, 0.15) is 74.4 Å². The van der Waals surface area contributed by atoms with Gasteiger partial charge in [-0.25, -0.2) is 4.79 Å². The first kappa shape index (κ1) is 45.4. The Morgan fingerprint density at radius 1 is 1.00 bits per heavy atom. The highest BCUT2D eigenvalue weighted by molar-refractivity contribution is 5.94. The van der Waals surface area contributed by atoms with Gasteiger partial charge in [-0.1, -0.05) is 61.9 Å². The molecule has 1 amide bonds. The molecule has 364 valence electrons. The van der Waals surface area contributed by atoms with E-state index >= 15 is 4.79 Å². The quantitative estimate of drug-likeness (QED) is 0.0926. The maximum atomic E-state index is 15.5. The van der Waals surface area contributed by atoms with Crippen LogP contribution in [0.15, 0.2) is 78.4 Å². The van der Waals surface area contributed by atoms with Crippen LogP contribution in [-0.2, 0) is 47.7 Å². The molecule has 1 spiro atoms. The van der Waals surface area contributed by atoms with Gasteiger partial charge in [-0.2, -0.15) is 0 Å². The van der Waals surface area contributed by atoms with E-state index in [2.05, 4.69) is 81.3 Å². The molecule has 69 heavy (non-hydrogen) atoms. The van der Waals surface area contributed by atoms with Crippen molar-refractivity contribution in [3.8, 4) is 17.2 Å². The third kappa shape index (κ3) is 6.66. The fourth-order valence-electron chi connectivity index (χ4n) is 14.4. The summed E-state index contributed by atoms with van der Waals surface area (Å²) >= 11 is 0. The standard InChI is InChI=1S/C54H63N5O10/c1-7-33-22-35-26-53(49(61)65-6,45-37(16-20-58(27-33)28-35)36-12-9-10-13-40(36)56-45)39-24-38-41(25-43(39)64-5)57(4)47-52(38)18-21-59-19-11-17-51(8-2,46(52)59)48(69-32(3)60)54(47,63)30-55-50(62)66-29-34-14-15-42-44(23-34)68-31-67-42/h9-15,17,22-25,35,46-48,56,63H,7-8,16,18-21,26-31H2,1-6H3,(H,55,62)/t35-,46-,47+,48+,51+,52+,53-,54?/m0/s1. The number of benzene rings is 3. The van der Waals surface area contributed by atoms with E-state index in [1.54, 1.807) is 25.3 Å². The molecule has 7 heterocycles. The summed E-state index contributed by atoms with van der Waals surface area (Å²) in [5.74, 6) is 0.804. The number of nitrogens with zero attached hydrogens (tertiary/aromatic N) is 3. The first-order chi connectivity index (χ1) is 33.3. The molecule has 3 N–H and O–H groups in total. The number of aromatic nitrogens is 1. The summed E-state index contributed by atoms with van der Waals surface area (Å²) in [6.07, 6.45) is 8.05. The molecular formula is C54H63N5O10. The number of rotatable bonds is 10. The highest BCUT2D eigenvalue weighted by Crippen LogP contribution is 2.68. The number of ether oxygens (including phenoxy) is 6. The molecule has 11 rings (SSSR count). The maximum absolute atomic E-state index is 15.5. The lowest BCUT2D eigenvalue weighted by molar-refractivity contribution is -0.217. The molecule has 15 nitrogen and oxygen atoms in total. The van der Waals surface area contributed by atoms with Crippen LogP contribution in [0.2, 0.25) is 0 Å². The zero-order chi connectivity index (χ0) is 48.0. The second-order valence-electron chi connectivity index (χ2n) is 20.3. The number of likely N-dealkylation sites (N-methyl/N-ethyl adjacent to an activating group) is 1. The number of nitrogens with one attached hydrogen (secondary N) is 2. The molecule has 9 atom stereocenters. The van der Waals surface area contributed by atoms with Crippen LogP contribution in [0.5, 0.6) is 17.2 Å². The Kier molecular flexibility index (Phi) is 11.1. The molecule has 0 radical (unpaired) electrons. The van der Waals surface area contributed by atoms with Crippen molar-refractivity contribution in [3.05, 3.63) is 106 Å². The molecular weight excluding hydrogens is 879 g/mol. The van der Waals surface area contributed by atoms with Crippen LogP contribution in [0, 0.1) is 11.3 Å². The number of anilines is 1. The Morgan fingerprint density at radius 2 is 1.83 bits per heavy atom. The lowest BCUT2D eigenvalue weighted by Crippen LogP contribution is -2.81. The highest BCUT2D eigenvalue weighted by Gasteiger charge is 2.78. The van der Waals surface area contributed by atoms with Gasteiger partial charge in [0.2, 0.25) is 6.79 Å². The van der Waals surface area contributed by atoms with Crippen molar-refractivity contribution in [2.45, 2.75) is 94.1 Å². The molecule has 7 aliphatic rings. The Labute approximate surface area is 402 Å². The SMILES string of the molecule is CCC1=C[C@@H]2CN(CCc3c([nH]c4ccccc34)[C@@](C(=O)OC)(c3cc4c(cc3OC)N(C)[C@H]3C(O)(CNC(=O)OCc5ccc6c(c5)OCO6)[C@H](OC(C)=O)[C@]5(CC)C=CCN6CC[C@]43[C@@H]65)C2)C1. The molecule has 2 bridgehead atoms. The monoisotopic (exact) mass is 941 g/mol. The first-order valence-corrected chi connectivity index (χ1v) is 24.5. The Balaban J connectivity index is 1.09. The molecule has 6 aliphatic heterocycles. The number of aromatic amines is 1. The lowest BCUT2D eigenvalue weighted by Gasteiger charge is -2.64. The smallest absolute Gasteiger partial charge is 0.407 e. The molecule has 15 heteroatoms. The molecule has 1 aromatic heterocycles. The third-order valence-corrected chi connectivity index (χ3v) is 17.0. The summed E-state index contributed by atoms with van der Waals surface area (Å²) < 4.78 is 35.7. The van der Waals surface area contributed by atoms with E-state index < -0.39 is 46.1 Å². The van der Waals surface area contributed by atoms with E-state index in [0.717, 1.165) is 65.9 Å². The molecule has 1 saturated heterocycles. The van der Waals surface area contributed by atoms with Crippen LogP contribution >= 0.6 is 0 Å². The van der Waals surface area contributed by atoms with Crippen molar-refractivity contribution in [1.82, 2.24) is 20.1 Å².